The van der Waals surface area contributed by atoms with E-state index in [0.29, 0.717) is 15.8 Å². The van der Waals surface area contributed by atoms with Gasteiger partial charge in [-0.15, -0.1) is 0 Å². The lowest BCUT2D eigenvalue weighted by Crippen LogP contribution is -2.29. The maximum Gasteiger partial charge on any atom is 0.337 e. The van der Waals surface area contributed by atoms with Crippen molar-refractivity contribution in [3.05, 3.63) is 52.0 Å². The van der Waals surface area contributed by atoms with Crippen LogP contribution in [0.5, 0.6) is 5.75 Å². The number of carbonyl (C=O) groups is 1. The predicted octanol–water partition coefficient (Wildman–Crippen LogP) is 3.29. The van der Waals surface area contributed by atoms with Crippen LogP contribution in [0.3, 0.4) is 0 Å². The number of rotatable bonds is 5. The van der Waals surface area contributed by atoms with Crippen LogP contribution in [0.2, 0.25) is 0 Å². The Labute approximate surface area is 148 Å². The minimum atomic E-state index is -3.91. The Hall–Kier alpha value is -2.06. The lowest BCUT2D eigenvalue weighted by atomic mass is 10.1. The quantitative estimate of drug-likeness (QED) is 0.812. The Morgan fingerprint density at radius 1 is 1.21 bits per heavy atom. The summed E-state index contributed by atoms with van der Waals surface area (Å²) < 4.78 is 32.2. The van der Waals surface area contributed by atoms with Gasteiger partial charge in [-0.1, -0.05) is 15.9 Å². The van der Waals surface area contributed by atoms with E-state index < -0.39 is 16.0 Å². The average molecular weight is 414 g/mol. The molecule has 2 rings (SSSR count). The van der Waals surface area contributed by atoms with Gasteiger partial charge in [0.25, 0.3) is 10.0 Å². The summed E-state index contributed by atoms with van der Waals surface area (Å²) in [6.45, 7) is 1.66. The average Bonchev–Trinajstić information content (AvgIpc) is 2.53. The van der Waals surface area contributed by atoms with Crippen LogP contribution in [-0.2, 0) is 10.0 Å². The third-order valence-corrected chi connectivity index (χ3v) is 5.76. The maximum absolute atomic E-state index is 12.8. The fraction of sp³-hybridized carbons (Fsp3) is 0.188. The van der Waals surface area contributed by atoms with Crippen molar-refractivity contribution in [3.63, 3.8) is 0 Å². The van der Waals surface area contributed by atoms with Gasteiger partial charge in [0.1, 0.15) is 5.75 Å². The number of aryl methyl sites for hydroxylation is 1. The molecule has 8 heteroatoms. The predicted molar refractivity (Wildman–Crippen MR) is 94.4 cm³/mol. The molecule has 0 aliphatic rings. The van der Waals surface area contributed by atoms with E-state index in [4.69, 9.17) is 4.74 Å². The number of methoxy groups -OCH3 is 1. The van der Waals surface area contributed by atoms with Crippen LogP contribution in [0.25, 0.3) is 0 Å². The van der Waals surface area contributed by atoms with Gasteiger partial charge in [0, 0.05) is 11.5 Å². The number of hydrogen-bond acceptors (Lipinski definition) is 4. The first kappa shape index (κ1) is 18.3. The summed E-state index contributed by atoms with van der Waals surface area (Å²) in [5.41, 5.74) is 0.560. The number of carboxylic acid groups (broad SMARTS) is 1. The fourth-order valence-electron chi connectivity index (χ4n) is 2.34. The van der Waals surface area contributed by atoms with Crippen LogP contribution in [0.1, 0.15) is 15.9 Å². The molecule has 0 atom stereocenters. The Morgan fingerprint density at radius 3 is 2.29 bits per heavy atom. The molecular weight excluding hydrogens is 398 g/mol. The van der Waals surface area contributed by atoms with Gasteiger partial charge in [-0.3, -0.25) is 4.31 Å². The summed E-state index contributed by atoms with van der Waals surface area (Å²) in [6, 6.07) is 8.95. The molecule has 0 saturated heterocycles. The molecule has 0 saturated carbocycles. The molecule has 0 heterocycles. The topological polar surface area (TPSA) is 83.9 Å². The van der Waals surface area contributed by atoms with Crippen molar-refractivity contribution in [1.82, 2.24) is 0 Å². The van der Waals surface area contributed by atoms with E-state index in [1.165, 1.54) is 44.5 Å². The smallest absolute Gasteiger partial charge is 0.337 e. The third kappa shape index (κ3) is 3.39. The highest BCUT2D eigenvalue weighted by atomic mass is 79.9. The molecule has 0 fully saturated rings. The zero-order valence-corrected chi connectivity index (χ0v) is 15.7. The van der Waals surface area contributed by atoms with E-state index in [1.807, 2.05) is 0 Å². The summed E-state index contributed by atoms with van der Waals surface area (Å²) in [4.78, 5) is 11.6. The molecule has 6 nitrogen and oxygen atoms in total. The Kier molecular flexibility index (Phi) is 5.19. The fourth-order valence-corrected chi connectivity index (χ4v) is 4.19. The molecule has 0 amide bonds. The van der Waals surface area contributed by atoms with Crippen molar-refractivity contribution in [2.75, 3.05) is 18.5 Å². The summed E-state index contributed by atoms with van der Waals surface area (Å²) in [7, 11) is -1.09. The normalized spacial score (nSPS) is 11.2. The van der Waals surface area contributed by atoms with Crippen LogP contribution in [-0.4, -0.2) is 33.7 Å². The van der Waals surface area contributed by atoms with E-state index >= 15 is 0 Å². The number of benzene rings is 2. The molecular formula is C16H16BrNO5S. The molecule has 2 aromatic carbocycles. The Bertz CT molecular complexity index is 878. The van der Waals surface area contributed by atoms with E-state index in [-0.39, 0.29) is 16.1 Å². The van der Waals surface area contributed by atoms with Gasteiger partial charge in [0.05, 0.1) is 23.3 Å². The van der Waals surface area contributed by atoms with Crippen molar-refractivity contribution < 1.29 is 23.1 Å². The minimum absolute atomic E-state index is 0.0458. The van der Waals surface area contributed by atoms with Crippen molar-refractivity contribution in [2.24, 2.45) is 0 Å². The molecule has 1 N–H and O–H groups in total. The second-order valence-electron chi connectivity index (χ2n) is 5.07. The Balaban J connectivity index is 2.58. The molecule has 0 aromatic heterocycles. The second kappa shape index (κ2) is 6.82. The zero-order valence-electron chi connectivity index (χ0n) is 13.3. The number of aromatic carboxylic acids is 1. The molecule has 0 bridgehead atoms. The summed E-state index contributed by atoms with van der Waals surface area (Å²) in [6.07, 6.45) is 0. The molecule has 128 valence electrons. The number of halogens is 1. The molecule has 0 radical (unpaired) electrons. The van der Waals surface area contributed by atoms with E-state index in [0.717, 1.165) is 4.31 Å². The number of anilines is 1. The van der Waals surface area contributed by atoms with Crippen molar-refractivity contribution in [2.45, 2.75) is 11.8 Å². The van der Waals surface area contributed by atoms with Crippen LogP contribution in [0.4, 0.5) is 5.69 Å². The monoisotopic (exact) mass is 413 g/mol. The van der Waals surface area contributed by atoms with Gasteiger partial charge in [-0.25, -0.2) is 13.2 Å². The van der Waals surface area contributed by atoms with Gasteiger partial charge in [-0.05, 0) is 48.9 Å². The Morgan fingerprint density at radius 2 is 1.79 bits per heavy atom. The van der Waals surface area contributed by atoms with Gasteiger partial charge < -0.3 is 9.84 Å². The van der Waals surface area contributed by atoms with Crippen LogP contribution < -0.4 is 9.04 Å². The summed E-state index contributed by atoms with van der Waals surface area (Å²) in [5.74, 6) is -0.672. The molecule has 0 spiro atoms. The van der Waals surface area contributed by atoms with Crippen molar-refractivity contribution in [1.29, 1.82) is 0 Å². The molecule has 24 heavy (non-hydrogen) atoms. The lowest BCUT2D eigenvalue weighted by Gasteiger charge is -2.23. The molecule has 0 aliphatic carbocycles. The molecule has 0 aliphatic heterocycles. The van der Waals surface area contributed by atoms with Crippen molar-refractivity contribution >= 4 is 37.6 Å². The van der Waals surface area contributed by atoms with E-state index in [2.05, 4.69) is 15.9 Å². The van der Waals surface area contributed by atoms with Crippen molar-refractivity contribution in [3.8, 4) is 5.75 Å². The minimum Gasteiger partial charge on any atom is -0.497 e. The summed E-state index contributed by atoms with van der Waals surface area (Å²) in [5, 5.41) is 9.41. The van der Waals surface area contributed by atoms with Crippen LogP contribution in [0.15, 0.2) is 45.8 Å². The molecule has 0 unspecified atom stereocenters. The highest BCUT2D eigenvalue weighted by Crippen LogP contribution is 2.32. The highest BCUT2D eigenvalue weighted by Gasteiger charge is 2.27. The number of hydrogen-bond donors (Lipinski definition) is 1. The third-order valence-electron chi connectivity index (χ3n) is 3.53. The van der Waals surface area contributed by atoms with Crippen LogP contribution >= 0.6 is 15.9 Å². The number of carboxylic acids is 1. The maximum atomic E-state index is 12.8. The van der Waals surface area contributed by atoms with Gasteiger partial charge in [0.15, 0.2) is 0 Å². The first-order valence-electron chi connectivity index (χ1n) is 6.85. The standard InChI is InChI=1S/C16H16BrNO5S/c1-10-8-11(17)9-14(16(19)20)15(10)18(2)24(21,22)13-6-4-12(23-3)5-7-13/h4-9H,1-3H3,(H,19,20). The lowest BCUT2D eigenvalue weighted by molar-refractivity contribution is 0.0697. The number of sulfonamides is 1. The number of nitrogens with zero attached hydrogens (tertiary/aromatic N) is 1. The SMILES string of the molecule is COc1ccc(S(=O)(=O)N(C)c2c(C)cc(Br)cc2C(=O)O)cc1. The van der Waals surface area contributed by atoms with Crippen LogP contribution in [0, 0.1) is 6.92 Å². The second-order valence-corrected chi connectivity index (χ2v) is 7.96. The van der Waals surface area contributed by atoms with E-state index in [1.54, 1.807) is 13.0 Å². The van der Waals surface area contributed by atoms with Gasteiger partial charge in [0.2, 0.25) is 0 Å². The van der Waals surface area contributed by atoms with Gasteiger partial charge in [-0.2, -0.15) is 0 Å². The summed E-state index contributed by atoms with van der Waals surface area (Å²) >= 11 is 3.23. The first-order valence-corrected chi connectivity index (χ1v) is 9.08. The largest absolute Gasteiger partial charge is 0.497 e. The number of ether oxygens (including phenoxy) is 1. The van der Waals surface area contributed by atoms with E-state index in [9.17, 15) is 18.3 Å². The zero-order chi connectivity index (χ0) is 18.1. The molecule has 2 aromatic rings. The highest BCUT2D eigenvalue weighted by molar-refractivity contribution is 9.10. The van der Waals surface area contributed by atoms with Gasteiger partial charge >= 0.3 is 5.97 Å². The first-order chi connectivity index (χ1) is 11.2.